The number of carbonyl (C=O) groups is 4. The molecule has 0 fully saturated rings. The lowest BCUT2D eigenvalue weighted by Gasteiger charge is -2.29. The van der Waals surface area contributed by atoms with E-state index < -0.39 is 48.8 Å². The van der Waals surface area contributed by atoms with Crippen molar-refractivity contribution in [1.82, 2.24) is 10.2 Å². The number of ether oxygens (including phenoxy) is 5. The summed E-state index contributed by atoms with van der Waals surface area (Å²) in [5, 5.41) is 12.9. The van der Waals surface area contributed by atoms with E-state index in [0.717, 1.165) is 45.0 Å². The van der Waals surface area contributed by atoms with Crippen LogP contribution in [0.3, 0.4) is 0 Å². The molecule has 0 saturated carbocycles. The number of methoxy groups -OCH3 is 1. The summed E-state index contributed by atoms with van der Waals surface area (Å²) in [6.07, 6.45) is -2.54. The number of carbonyl (C=O) groups excluding carboxylic acids is 4. The second kappa shape index (κ2) is 16.3. The van der Waals surface area contributed by atoms with Crippen molar-refractivity contribution in [3.05, 3.63) is 71.8 Å². The number of nitrogens with one attached hydrogen (secondary N) is 1. The van der Waals surface area contributed by atoms with Crippen LogP contribution >= 0.6 is 0 Å². The van der Waals surface area contributed by atoms with Crippen molar-refractivity contribution < 1.29 is 42.9 Å². The second-order valence-corrected chi connectivity index (χ2v) is 9.45. The summed E-state index contributed by atoms with van der Waals surface area (Å²) in [4.78, 5) is 47.3. The maximum Gasteiger partial charge on any atom is 0.303 e. The minimum atomic E-state index is -1.41. The maximum atomic E-state index is 12.0. The Hall–Kier alpha value is -5.33. The van der Waals surface area contributed by atoms with Crippen molar-refractivity contribution in [2.45, 2.75) is 52.4 Å². The highest BCUT2D eigenvalue weighted by Crippen LogP contribution is 2.27. The number of hydrogen-bond acceptors (Lipinski definition) is 13. The highest BCUT2D eigenvalue weighted by Gasteiger charge is 2.37. The minimum Gasteiger partial charge on any atom is -0.496 e. The van der Waals surface area contributed by atoms with Gasteiger partial charge in [0, 0.05) is 45.2 Å². The van der Waals surface area contributed by atoms with Crippen molar-refractivity contribution in [3.8, 4) is 17.0 Å². The normalized spacial score (nSPS) is 12.8. The summed E-state index contributed by atoms with van der Waals surface area (Å²) >= 11 is 0. The molecule has 0 aliphatic rings. The highest BCUT2D eigenvalue weighted by atomic mass is 16.6. The predicted octanol–water partition coefficient (Wildman–Crippen LogP) is 3.50. The zero-order valence-electron chi connectivity index (χ0n) is 25.0. The van der Waals surface area contributed by atoms with Gasteiger partial charge in [0.1, 0.15) is 12.4 Å². The van der Waals surface area contributed by atoms with Gasteiger partial charge in [-0.3, -0.25) is 24.6 Å². The molecule has 0 aliphatic carbocycles. The van der Waals surface area contributed by atoms with E-state index in [0.29, 0.717) is 23.4 Å². The second-order valence-electron chi connectivity index (χ2n) is 9.45. The molecule has 44 heavy (non-hydrogen) atoms. The zero-order valence-corrected chi connectivity index (χ0v) is 25.0. The molecule has 2 aromatic carbocycles. The van der Waals surface area contributed by atoms with Crippen molar-refractivity contribution >= 4 is 35.9 Å². The van der Waals surface area contributed by atoms with E-state index in [1.807, 2.05) is 60.7 Å². The Bertz CT molecular complexity index is 1480. The molecule has 13 nitrogen and oxygen atoms in total. The van der Waals surface area contributed by atoms with Gasteiger partial charge in [0.25, 0.3) is 0 Å². The average molecular weight is 607 g/mol. The van der Waals surface area contributed by atoms with Gasteiger partial charge in [0.15, 0.2) is 24.1 Å². The van der Waals surface area contributed by atoms with E-state index in [1.165, 1.54) is 0 Å². The maximum absolute atomic E-state index is 12.0. The monoisotopic (exact) mass is 606 g/mol. The molecule has 3 aromatic rings. The first-order valence-electron chi connectivity index (χ1n) is 13.6. The Balaban J connectivity index is 1.98. The van der Waals surface area contributed by atoms with Gasteiger partial charge < -0.3 is 23.7 Å². The van der Waals surface area contributed by atoms with E-state index in [1.54, 1.807) is 7.11 Å². The summed E-state index contributed by atoms with van der Waals surface area (Å²) in [6.45, 7) is 4.08. The van der Waals surface area contributed by atoms with Gasteiger partial charge in [0.05, 0.1) is 19.0 Å². The molecule has 0 amide bonds. The van der Waals surface area contributed by atoms with Gasteiger partial charge in [-0.15, -0.1) is 10.2 Å². The number of nitrogens with zero attached hydrogens (tertiary/aromatic N) is 3. The number of hydrogen-bond donors (Lipinski definition) is 1. The van der Waals surface area contributed by atoms with Gasteiger partial charge >= 0.3 is 23.9 Å². The lowest BCUT2D eigenvalue weighted by molar-refractivity contribution is -0.183. The van der Waals surface area contributed by atoms with Crippen LogP contribution < -0.4 is 10.2 Å². The number of aromatic nitrogens is 2. The Morgan fingerprint density at radius 1 is 0.818 bits per heavy atom. The molecule has 0 spiro atoms. The fraction of sp³-hybridized carbons (Fsp3) is 0.323. The predicted molar refractivity (Wildman–Crippen MR) is 159 cm³/mol. The molecule has 0 aliphatic heterocycles. The van der Waals surface area contributed by atoms with Crippen LogP contribution in [0.5, 0.6) is 5.75 Å². The molecular weight excluding hydrogens is 572 g/mol. The molecule has 3 atom stereocenters. The van der Waals surface area contributed by atoms with Gasteiger partial charge in [0.2, 0.25) is 0 Å². The molecule has 0 saturated heterocycles. The molecular formula is C31H34N4O9. The fourth-order valence-electron chi connectivity index (χ4n) is 4.16. The first-order chi connectivity index (χ1) is 21.1. The Labute approximate surface area is 254 Å². The fourth-order valence-corrected chi connectivity index (χ4v) is 4.16. The van der Waals surface area contributed by atoms with Crippen molar-refractivity contribution in [2.75, 3.05) is 19.1 Å². The lowest BCUT2D eigenvalue weighted by Crippen LogP contribution is -2.48. The molecule has 0 radical (unpaired) electrons. The van der Waals surface area contributed by atoms with Gasteiger partial charge in [-0.2, -0.15) is 5.10 Å². The van der Waals surface area contributed by atoms with Gasteiger partial charge in [-0.05, 0) is 17.7 Å². The third-order valence-corrected chi connectivity index (χ3v) is 5.97. The summed E-state index contributed by atoms with van der Waals surface area (Å²) in [7, 11) is 1.59. The number of hydrazone groups is 1. The van der Waals surface area contributed by atoms with E-state index in [-0.39, 0.29) is 5.82 Å². The van der Waals surface area contributed by atoms with Crippen LogP contribution in [0.25, 0.3) is 11.3 Å². The number of benzene rings is 2. The SMILES string of the molecule is COc1ccccc1Cc1cc(-c2ccccc2)nnc1N/N=C/[C@@H](OC(C)=O)[C@H](OC(C)=O)[C@@H](COC(C)=O)OC(C)=O. The zero-order chi connectivity index (χ0) is 32.1. The van der Waals surface area contributed by atoms with Gasteiger partial charge in [-0.25, -0.2) is 0 Å². The number of rotatable bonds is 14. The standard InChI is InChI=1S/C31H34N4O9/c1-19(36)41-18-29(43-21(3)38)30(44-22(4)39)28(42-20(2)37)17-32-34-31-25(15-24-13-9-10-14-27(24)40-5)16-26(33-35-31)23-11-7-6-8-12-23/h6-14,16-17,28-30H,15,18H2,1-5H3,(H,34,35)/b32-17+/t28-,29-,30+/m1/s1. The third-order valence-electron chi connectivity index (χ3n) is 5.97. The third kappa shape index (κ3) is 10.2. The van der Waals surface area contributed by atoms with E-state index >= 15 is 0 Å². The van der Waals surface area contributed by atoms with E-state index in [9.17, 15) is 19.2 Å². The Morgan fingerprint density at radius 3 is 2.11 bits per heavy atom. The molecule has 3 rings (SSSR count). The summed E-state index contributed by atoms with van der Waals surface area (Å²) in [5.41, 5.74) is 5.92. The van der Waals surface area contributed by atoms with Crippen LogP contribution in [0, 0.1) is 0 Å². The van der Waals surface area contributed by atoms with Crippen LogP contribution in [0.15, 0.2) is 65.8 Å². The van der Waals surface area contributed by atoms with Crippen molar-refractivity contribution in [2.24, 2.45) is 5.10 Å². The smallest absolute Gasteiger partial charge is 0.303 e. The first-order valence-corrected chi connectivity index (χ1v) is 13.6. The number of anilines is 1. The lowest BCUT2D eigenvalue weighted by atomic mass is 10.0. The Morgan fingerprint density at radius 2 is 1.48 bits per heavy atom. The quantitative estimate of drug-likeness (QED) is 0.123. The largest absolute Gasteiger partial charge is 0.496 e. The summed E-state index contributed by atoms with van der Waals surface area (Å²) in [5.74, 6) is -1.95. The minimum absolute atomic E-state index is 0.286. The number of para-hydroxylation sites is 1. The van der Waals surface area contributed by atoms with Crippen LogP contribution in [-0.4, -0.2) is 72.3 Å². The van der Waals surface area contributed by atoms with E-state index in [2.05, 4.69) is 20.7 Å². The average Bonchev–Trinajstić information content (AvgIpc) is 2.98. The molecule has 13 heteroatoms. The summed E-state index contributed by atoms with van der Waals surface area (Å²) in [6, 6.07) is 18.9. The molecule has 0 unspecified atom stereocenters. The van der Waals surface area contributed by atoms with Crippen LogP contribution in [0.4, 0.5) is 5.82 Å². The van der Waals surface area contributed by atoms with Crippen LogP contribution in [0.2, 0.25) is 0 Å². The molecule has 1 aromatic heterocycles. The first kappa shape index (κ1) is 33.2. The Kier molecular flexibility index (Phi) is 12.3. The van der Waals surface area contributed by atoms with Crippen molar-refractivity contribution in [1.29, 1.82) is 0 Å². The summed E-state index contributed by atoms with van der Waals surface area (Å²) < 4.78 is 26.5. The molecule has 232 valence electrons. The number of esters is 4. The van der Waals surface area contributed by atoms with Crippen molar-refractivity contribution in [3.63, 3.8) is 0 Å². The molecule has 0 bridgehead atoms. The van der Waals surface area contributed by atoms with E-state index in [4.69, 9.17) is 23.7 Å². The highest BCUT2D eigenvalue weighted by molar-refractivity contribution is 5.75. The van der Waals surface area contributed by atoms with Gasteiger partial charge in [-0.1, -0.05) is 48.5 Å². The molecule has 1 heterocycles. The van der Waals surface area contributed by atoms with Crippen LogP contribution in [-0.2, 0) is 44.5 Å². The molecule has 1 N–H and O–H groups in total. The topological polar surface area (TPSA) is 165 Å². The van der Waals surface area contributed by atoms with Crippen LogP contribution in [0.1, 0.15) is 38.8 Å².